The van der Waals surface area contributed by atoms with Crippen molar-refractivity contribution in [3.63, 3.8) is 0 Å². The molecule has 3 rings (SSSR count). The molecule has 0 radical (unpaired) electrons. The Bertz CT molecular complexity index is 407. The second kappa shape index (κ2) is 5.59. The van der Waals surface area contributed by atoms with Crippen LogP contribution < -0.4 is 5.73 Å². The molecule has 0 spiro atoms. The maximum atomic E-state index is 6.31. The van der Waals surface area contributed by atoms with Crippen molar-refractivity contribution in [3.8, 4) is 0 Å². The number of hydrogen-bond acceptors (Lipinski definition) is 5. The molecule has 2 aliphatic rings. The van der Waals surface area contributed by atoms with E-state index < -0.39 is 0 Å². The normalized spacial score (nSPS) is 23.8. The summed E-state index contributed by atoms with van der Waals surface area (Å²) in [5.41, 5.74) is 5.94. The number of hydrogen-bond donors (Lipinski definition) is 1. The molecule has 0 bridgehead atoms. The maximum absolute atomic E-state index is 6.31. The van der Waals surface area contributed by atoms with Crippen molar-refractivity contribution in [2.75, 3.05) is 0 Å². The molecule has 0 aromatic carbocycles. The molecular weight excluding hydrogens is 242 g/mol. The Balaban J connectivity index is 1.55. The Labute approximate surface area is 113 Å². The molecule has 0 amide bonds. The first-order chi connectivity index (χ1) is 9.26. The molecule has 106 valence electrons. The SMILES string of the molecule is NC1(c2noc(COC3CCCCC3)n2)CCCC1. The molecule has 1 heterocycles. The first kappa shape index (κ1) is 13.1. The highest BCUT2D eigenvalue weighted by atomic mass is 16.5. The molecule has 2 aliphatic carbocycles. The van der Waals surface area contributed by atoms with Crippen LogP contribution in [0.25, 0.3) is 0 Å². The van der Waals surface area contributed by atoms with E-state index >= 15 is 0 Å². The lowest BCUT2D eigenvalue weighted by molar-refractivity contribution is 0.00462. The van der Waals surface area contributed by atoms with Crippen LogP contribution in [-0.2, 0) is 16.9 Å². The zero-order chi connectivity index (χ0) is 13.1. The fourth-order valence-electron chi connectivity index (χ4n) is 3.17. The summed E-state index contributed by atoms with van der Waals surface area (Å²) in [5.74, 6) is 1.23. The van der Waals surface area contributed by atoms with Crippen molar-refractivity contribution in [1.29, 1.82) is 0 Å². The summed E-state index contributed by atoms with van der Waals surface area (Å²) in [4.78, 5) is 4.42. The van der Waals surface area contributed by atoms with Crippen LogP contribution in [0.4, 0.5) is 0 Å². The molecule has 0 saturated heterocycles. The minimum absolute atomic E-state index is 0.363. The zero-order valence-electron chi connectivity index (χ0n) is 11.4. The molecule has 5 nitrogen and oxygen atoms in total. The van der Waals surface area contributed by atoms with Crippen molar-refractivity contribution >= 4 is 0 Å². The van der Waals surface area contributed by atoms with E-state index in [-0.39, 0.29) is 5.54 Å². The van der Waals surface area contributed by atoms with Crippen LogP contribution in [0.15, 0.2) is 4.52 Å². The predicted octanol–water partition coefficient (Wildman–Crippen LogP) is 2.65. The molecule has 1 aromatic heterocycles. The Morgan fingerprint density at radius 3 is 2.63 bits per heavy atom. The average Bonchev–Trinajstić information content (AvgIpc) is 3.07. The van der Waals surface area contributed by atoms with Gasteiger partial charge in [-0.3, -0.25) is 0 Å². The van der Waals surface area contributed by atoms with E-state index in [1.165, 1.54) is 19.3 Å². The molecule has 0 aliphatic heterocycles. The van der Waals surface area contributed by atoms with E-state index in [9.17, 15) is 0 Å². The average molecular weight is 265 g/mol. The number of rotatable bonds is 4. The zero-order valence-corrected chi connectivity index (χ0v) is 11.4. The first-order valence-corrected chi connectivity index (χ1v) is 7.50. The third-order valence-corrected chi connectivity index (χ3v) is 4.40. The molecule has 2 saturated carbocycles. The van der Waals surface area contributed by atoms with E-state index in [4.69, 9.17) is 15.0 Å². The van der Waals surface area contributed by atoms with Crippen LogP contribution >= 0.6 is 0 Å². The second-order valence-electron chi connectivity index (χ2n) is 5.95. The first-order valence-electron chi connectivity index (χ1n) is 7.50. The van der Waals surface area contributed by atoms with Gasteiger partial charge in [-0.1, -0.05) is 37.3 Å². The summed E-state index contributed by atoms with van der Waals surface area (Å²) in [7, 11) is 0. The molecule has 2 N–H and O–H groups in total. The lowest BCUT2D eigenvalue weighted by atomic mass is 9.98. The largest absolute Gasteiger partial charge is 0.368 e. The van der Waals surface area contributed by atoms with Crippen molar-refractivity contribution in [2.45, 2.75) is 76.0 Å². The van der Waals surface area contributed by atoms with Gasteiger partial charge in [0.2, 0.25) is 0 Å². The lowest BCUT2D eigenvalue weighted by Gasteiger charge is -2.21. The third kappa shape index (κ3) is 2.98. The van der Waals surface area contributed by atoms with Crippen LogP contribution in [0.2, 0.25) is 0 Å². The Kier molecular flexibility index (Phi) is 3.84. The van der Waals surface area contributed by atoms with Crippen LogP contribution in [0, 0.1) is 0 Å². The van der Waals surface area contributed by atoms with Crippen molar-refractivity contribution in [2.24, 2.45) is 5.73 Å². The number of nitrogens with zero attached hydrogens (tertiary/aromatic N) is 2. The topological polar surface area (TPSA) is 74.2 Å². The number of nitrogens with two attached hydrogens (primary N) is 1. The van der Waals surface area contributed by atoms with Crippen molar-refractivity contribution < 1.29 is 9.26 Å². The minimum Gasteiger partial charge on any atom is -0.368 e. The smallest absolute Gasteiger partial charge is 0.252 e. The molecule has 1 aromatic rings. The van der Waals surface area contributed by atoms with Gasteiger partial charge in [0, 0.05) is 0 Å². The Hall–Kier alpha value is -0.940. The standard InChI is InChI=1S/C14H23N3O2/c15-14(8-4-5-9-14)13-16-12(19-17-13)10-18-11-6-2-1-3-7-11/h11H,1-10,15H2. The van der Waals surface area contributed by atoms with Gasteiger partial charge in [-0.25, -0.2) is 0 Å². The summed E-state index contributed by atoms with van der Waals surface area (Å²) in [6, 6.07) is 0. The highest BCUT2D eigenvalue weighted by molar-refractivity contribution is 5.06. The summed E-state index contributed by atoms with van der Waals surface area (Å²) < 4.78 is 11.1. The molecule has 19 heavy (non-hydrogen) atoms. The molecule has 0 atom stereocenters. The van der Waals surface area contributed by atoms with Crippen LogP contribution in [0.3, 0.4) is 0 Å². The molecular formula is C14H23N3O2. The van der Waals surface area contributed by atoms with Gasteiger partial charge in [0.1, 0.15) is 6.61 Å². The van der Waals surface area contributed by atoms with Crippen LogP contribution in [-0.4, -0.2) is 16.2 Å². The molecule has 2 fully saturated rings. The van der Waals surface area contributed by atoms with E-state index in [1.807, 2.05) is 0 Å². The Morgan fingerprint density at radius 2 is 1.89 bits per heavy atom. The van der Waals surface area contributed by atoms with Crippen molar-refractivity contribution in [3.05, 3.63) is 11.7 Å². The Morgan fingerprint density at radius 1 is 1.16 bits per heavy atom. The van der Waals surface area contributed by atoms with Gasteiger partial charge in [0.15, 0.2) is 5.82 Å². The third-order valence-electron chi connectivity index (χ3n) is 4.40. The van der Waals surface area contributed by atoms with Crippen molar-refractivity contribution in [1.82, 2.24) is 10.1 Å². The van der Waals surface area contributed by atoms with Gasteiger partial charge in [-0.05, 0) is 25.7 Å². The van der Waals surface area contributed by atoms with Gasteiger partial charge < -0.3 is 15.0 Å². The van der Waals surface area contributed by atoms with E-state index in [0.29, 0.717) is 24.4 Å². The fraction of sp³-hybridized carbons (Fsp3) is 0.857. The maximum Gasteiger partial charge on any atom is 0.252 e. The van der Waals surface area contributed by atoms with Crippen LogP contribution in [0.5, 0.6) is 0 Å². The highest BCUT2D eigenvalue weighted by Crippen LogP contribution is 2.34. The lowest BCUT2D eigenvalue weighted by Crippen LogP contribution is -2.34. The second-order valence-corrected chi connectivity index (χ2v) is 5.95. The van der Waals surface area contributed by atoms with Gasteiger partial charge in [-0.15, -0.1) is 0 Å². The van der Waals surface area contributed by atoms with Crippen LogP contribution in [0.1, 0.15) is 69.5 Å². The number of aromatic nitrogens is 2. The van der Waals surface area contributed by atoms with Gasteiger partial charge >= 0.3 is 0 Å². The summed E-state index contributed by atoms with van der Waals surface area (Å²) in [6.45, 7) is 0.424. The van der Waals surface area contributed by atoms with E-state index in [0.717, 1.165) is 38.5 Å². The predicted molar refractivity (Wildman–Crippen MR) is 70.3 cm³/mol. The quantitative estimate of drug-likeness (QED) is 0.905. The summed E-state index contributed by atoms with van der Waals surface area (Å²) in [6.07, 6.45) is 10.8. The van der Waals surface area contributed by atoms with Gasteiger partial charge in [0.25, 0.3) is 5.89 Å². The minimum atomic E-state index is -0.368. The van der Waals surface area contributed by atoms with E-state index in [2.05, 4.69) is 10.1 Å². The van der Waals surface area contributed by atoms with E-state index in [1.54, 1.807) is 0 Å². The van der Waals surface area contributed by atoms with Gasteiger partial charge in [0.05, 0.1) is 11.6 Å². The fourth-order valence-corrected chi connectivity index (χ4v) is 3.17. The summed E-state index contributed by atoms with van der Waals surface area (Å²) in [5, 5.41) is 4.04. The van der Waals surface area contributed by atoms with Gasteiger partial charge in [-0.2, -0.15) is 4.98 Å². The summed E-state index contributed by atoms with van der Waals surface area (Å²) >= 11 is 0. The highest BCUT2D eigenvalue weighted by Gasteiger charge is 2.36. The molecule has 0 unspecified atom stereocenters. The monoisotopic (exact) mass is 265 g/mol. The number of ether oxygens (including phenoxy) is 1. The molecule has 5 heteroatoms.